The van der Waals surface area contributed by atoms with Crippen molar-refractivity contribution in [2.24, 2.45) is 5.41 Å². The van der Waals surface area contributed by atoms with Crippen LogP contribution < -0.4 is 5.32 Å². The maximum Gasteiger partial charge on any atom is 0.0471 e. The number of halogens is 1. The van der Waals surface area contributed by atoms with Crippen molar-refractivity contribution in [2.45, 2.75) is 45.6 Å². The number of rotatable bonds is 4. The van der Waals surface area contributed by atoms with Crippen LogP contribution in [0, 0.1) is 8.99 Å². The quantitative estimate of drug-likeness (QED) is 0.789. The molecule has 0 bridgehead atoms. The van der Waals surface area contributed by atoms with E-state index >= 15 is 0 Å². The highest BCUT2D eigenvalue weighted by Crippen LogP contribution is 2.34. The van der Waals surface area contributed by atoms with Gasteiger partial charge in [-0.3, -0.25) is 0 Å². The molecule has 1 N–H and O–H groups in total. The zero-order valence-corrected chi connectivity index (χ0v) is 15.0. The third-order valence-corrected chi connectivity index (χ3v) is 4.76. The van der Waals surface area contributed by atoms with Crippen LogP contribution in [-0.4, -0.2) is 25.3 Å². The molecule has 1 aromatic rings. The Balaban J connectivity index is 2.08. The molecular formula is C17H26INO. The molecule has 1 aliphatic rings. The largest absolute Gasteiger partial charge is 0.381 e. The fraction of sp³-hybridized carbons (Fsp3) is 0.647. The van der Waals surface area contributed by atoms with Crippen molar-refractivity contribution >= 4 is 22.6 Å². The van der Waals surface area contributed by atoms with Crippen LogP contribution in [0.25, 0.3) is 0 Å². The Bertz CT molecular complexity index is 416. The van der Waals surface area contributed by atoms with Gasteiger partial charge in [0.1, 0.15) is 0 Å². The summed E-state index contributed by atoms with van der Waals surface area (Å²) in [5.74, 6) is 0. The van der Waals surface area contributed by atoms with Gasteiger partial charge in [0, 0.05) is 28.9 Å². The maximum atomic E-state index is 5.58. The van der Waals surface area contributed by atoms with Crippen LogP contribution in [0.3, 0.4) is 0 Å². The average molecular weight is 387 g/mol. The molecule has 2 nitrogen and oxygen atoms in total. The minimum atomic E-state index is 0.178. The minimum absolute atomic E-state index is 0.178. The minimum Gasteiger partial charge on any atom is -0.381 e. The summed E-state index contributed by atoms with van der Waals surface area (Å²) in [5, 5.41) is 3.71. The van der Waals surface area contributed by atoms with Crippen LogP contribution in [0.1, 0.15) is 39.2 Å². The highest BCUT2D eigenvalue weighted by Gasteiger charge is 2.33. The van der Waals surface area contributed by atoms with E-state index < -0.39 is 0 Å². The van der Waals surface area contributed by atoms with E-state index in [1.807, 2.05) is 0 Å². The first-order chi connectivity index (χ1) is 9.39. The lowest BCUT2D eigenvalue weighted by Gasteiger charge is -2.40. The first-order valence-electron chi connectivity index (χ1n) is 7.46. The summed E-state index contributed by atoms with van der Waals surface area (Å²) in [7, 11) is 0. The van der Waals surface area contributed by atoms with Gasteiger partial charge in [-0.1, -0.05) is 12.1 Å². The molecule has 0 atom stereocenters. The Morgan fingerprint density at radius 1 is 1.15 bits per heavy atom. The van der Waals surface area contributed by atoms with Gasteiger partial charge in [0.05, 0.1) is 0 Å². The first-order valence-corrected chi connectivity index (χ1v) is 8.54. The van der Waals surface area contributed by atoms with E-state index in [0.29, 0.717) is 5.41 Å². The van der Waals surface area contributed by atoms with Gasteiger partial charge in [-0.15, -0.1) is 0 Å². The Kier molecular flexibility index (Phi) is 5.49. The molecule has 1 fully saturated rings. The lowest BCUT2D eigenvalue weighted by atomic mass is 9.74. The van der Waals surface area contributed by atoms with Crippen molar-refractivity contribution < 1.29 is 4.74 Å². The summed E-state index contributed by atoms with van der Waals surface area (Å²) in [6.07, 6.45) is 3.46. The van der Waals surface area contributed by atoms with Crippen LogP contribution in [-0.2, 0) is 11.2 Å². The third kappa shape index (κ3) is 5.01. The highest BCUT2D eigenvalue weighted by molar-refractivity contribution is 14.1. The molecule has 2 rings (SSSR count). The molecule has 20 heavy (non-hydrogen) atoms. The molecule has 112 valence electrons. The molecule has 0 spiro atoms. The molecule has 0 amide bonds. The molecular weight excluding hydrogens is 361 g/mol. The number of nitrogens with one attached hydrogen (secondary N) is 1. The molecule has 1 heterocycles. The summed E-state index contributed by atoms with van der Waals surface area (Å²) in [6.45, 7) is 9.60. The van der Waals surface area contributed by atoms with Gasteiger partial charge < -0.3 is 10.1 Å². The number of ether oxygens (including phenoxy) is 1. The molecule has 0 radical (unpaired) electrons. The molecule has 0 saturated carbocycles. The monoisotopic (exact) mass is 387 g/mol. The second-order valence-electron chi connectivity index (χ2n) is 7.02. The lowest BCUT2D eigenvalue weighted by Crippen LogP contribution is -2.47. The predicted octanol–water partition coefficient (Wildman–Crippen LogP) is 4.02. The molecule has 0 aliphatic carbocycles. The van der Waals surface area contributed by atoms with E-state index in [9.17, 15) is 0 Å². The standard InChI is InChI=1S/C17H26INO/c1-16(2,3)19-13-17(8-10-20-11-9-17)12-14-4-6-15(18)7-5-14/h4-7,19H,8-13H2,1-3H3. The van der Waals surface area contributed by atoms with Crippen molar-refractivity contribution in [3.8, 4) is 0 Å². The first kappa shape index (κ1) is 16.2. The summed E-state index contributed by atoms with van der Waals surface area (Å²) in [4.78, 5) is 0. The van der Waals surface area contributed by atoms with Gasteiger partial charge in [0.15, 0.2) is 0 Å². The van der Waals surface area contributed by atoms with Gasteiger partial charge in [0.2, 0.25) is 0 Å². The maximum absolute atomic E-state index is 5.58. The third-order valence-electron chi connectivity index (χ3n) is 4.04. The Morgan fingerprint density at radius 3 is 2.30 bits per heavy atom. The van der Waals surface area contributed by atoms with Crippen molar-refractivity contribution in [2.75, 3.05) is 19.8 Å². The Hall–Kier alpha value is -0.130. The zero-order valence-electron chi connectivity index (χ0n) is 12.8. The topological polar surface area (TPSA) is 21.3 Å². The van der Waals surface area contributed by atoms with Crippen LogP contribution in [0.15, 0.2) is 24.3 Å². The smallest absolute Gasteiger partial charge is 0.0471 e. The molecule has 0 unspecified atom stereocenters. The SMILES string of the molecule is CC(C)(C)NCC1(Cc2ccc(I)cc2)CCOCC1. The predicted molar refractivity (Wildman–Crippen MR) is 93.1 cm³/mol. The molecule has 1 aromatic carbocycles. The van der Waals surface area contributed by atoms with E-state index in [-0.39, 0.29) is 5.54 Å². The van der Waals surface area contributed by atoms with E-state index in [4.69, 9.17) is 4.74 Å². The lowest BCUT2D eigenvalue weighted by molar-refractivity contribution is 0.0121. The average Bonchev–Trinajstić information content (AvgIpc) is 2.40. The van der Waals surface area contributed by atoms with Gasteiger partial charge in [-0.25, -0.2) is 0 Å². The molecule has 1 saturated heterocycles. The summed E-state index contributed by atoms with van der Waals surface area (Å²) < 4.78 is 6.89. The van der Waals surface area contributed by atoms with Crippen molar-refractivity contribution in [1.29, 1.82) is 0 Å². The second kappa shape index (κ2) is 6.75. The van der Waals surface area contributed by atoms with Crippen molar-refractivity contribution in [1.82, 2.24) is 5.32 Å². The molecule has 0 aromatic heterocycles. The Labute approximate surface area is 136 Å². The number of hydrogen-bond donors (Lipinski definition) is 1. The normalized spacial score (nSPS) is 19.0. The van der Waals surface area contributed by atoms with Crippen molar-refractivity contribution in [3.05, 3.63) is 33.4 Å². The Morgan fingerprint density at radius 2 is 1.75 bits per heavy atom. The van der Waals surface area contributed by atoms with E-state index in [1.54, 1.807) is 0 Å². The van der Waals surface area contributed by atoms with Crippen LogP contribution in [0.2, 0.25) is 0 Å². The van der Waals surface area contributed by atoms with Crippen LogP contribution >= 0.6 is 22.6 Å². The van der Waals surface area contributed by atoms with Gasteiger partial charge in [0.25, 0.3) is 0 Å². The highest BCUT2D eigenvalue weighted by atomic mass is 127. The molecule has 3 heteroatoms. The van der Waals surface area contributed by atoms with Gasteiger partial charge in [-0.2, -0.15) is 0 Å². The van der Waals surface area contributed by atoms with Gasteiger partial charge >= 0.3 is 0 Å². The number of hydrogen-bond acceptors (Lipinski definition) is 2. The zero-order chi connectivity index (χ0) is 14.6. The second-order valence-corrected chi connectivity index (χ2v) is 8.26. The molecule has 1 aliphatic heterocycles. The fourth-order valence-corrected chi connectivity index (χ4v) is 3.07. The van der Waals surface area contributed by atoms with Crippen LogP contribution in [0.5, 0.6) is 0 Å². The van der Waals surface area contributed by atoms with Crippen molar-refractivity contribution in [3.63, 3.8) is 0 Å². The van der Waals surface area contributed by atoms with E-state index in [1.165, 1.54) is 9.13 Å². The van der Waals surface area contributed by atoms with E-state index in [0.717, 1.165) is 39.0 Å². The van der Waals surface area contributed by atoms with Gasteiger partial charge in [-0.05, 0) is 85.7 Å². The summed E-state index contributed by atoms with van der Waals surface area (Å²) >= 11 is 2.37. The summed E-state index contributed by atoms with van der Waals surface area (Å²) in [5.41, 5.74) is 1.97. The van der Waals surface area contributed by atoms with E-state index in [2.05, 4.69) is 72.9 Å². The fourth-order valence-electron chi connectivity index (χ4n) is 2.71. The number of benzene rings is 1. The summed E-state index contributed by atoms with van der Waals surface area (Å²) in [6, 6.07) is 8.96. The van der Waals surface area contributed by atoms with Crippen LogP contribution in [0.4, 0.5) is 0 Å².